The normalized spacial score (nSPS) is 25.4. The maximum Gasteiger partial charge on any atom is 0.254 e. The monoisotopic (exact) mass is 291 g/mol. The smallest absolute Gasteiger partial charge is 0.254 e. The SMILES string of the molecule is CC1CCCC(O)(CNc2ccc(C(=O)N(C)C)cn2)C1. The zero-order valence-corrected chi connectivity index (χ0v) is 13.1. The zero-order valence-electron chi connectivity index (χ0n) is 13.1. The van der Waals surface area contributed by atoms with Crippen molar-refractivity contribution < 1.29 is 9.90 Å². The van der Waals surface area contributed by atoms with Gasteiger partial charge >= 0.3 is 0 Å². The number of hydrogen-bond acceptors (Lipinski definition) is 4. The van der Waals surface area contributed by atoms with Crippen LogP contribution >= 0.6 is 0 Å². The maximum atomic E-state index is 11.8. The van der Waals surface area contributed by atoms with E-state index in [2.05, 4.69) is 17.2 Å². The minimum Gasteiger partial charge on any atom is -0.388 e. The lowest BCUT2D eigenvalue weighted by Crippen LogP contribution is -2.41. The fourth-order valence-corrected chi connectivity index (χ4v) is 2.93. The van der Waals surface area contributed by atoms with Gasteiger partial charge in [-0.3, -0.25) is 4.79 Å². The Bertz CT molecular complexity index is 487. The summed E-state index contributed by atoms with van der Waals surface area (Å²) in [5, 5.41) is 13.8. The van der Waals surface area contributed by atoms with E-state index in [1.54, 1.807) is 32.4 Å². The van der Waals surface area contributed by atoms with E-state index in [1.165, 1.54) is 11.3 Å². The molecule has 2 atom stereocenters. The second-order valence-electron chi connectivity index (χ2n) is 6.41. The van der Waals surface area contributed by atoms with Gasteiger partial charge in [0.1, 0.15) is 5.82 Å². The topological polar surface area (TPSA) is 65.5 Å². The number of aromatic nitrogens is 1. The lowest BCUT2D eigenvalue weighted by atomic mass is 9.79. The van der Waals surface area contributed by atoms with E-state index in [4.69, 9.17) is 0 Å². The molecule has 0 aliphatic heterocycles. The first-order valence-electron chi connectivity index (χ1n) is 7.53. The quantitative estimate of drug-likeness (QED) is 0.892. The number of aliphatic hydroxyl groups is 1. The number of carbonyl (C=O) groups excluding carboxylic acids is 1. The summed E-state index contributed by atoms with van der Waals surface area (Å²) < 4.78 is 0. The molecule has 21 heavy (non-hydrogen) atoms. The fourth-order valence-electron chi connectivity index (χ4n) is 2.93. The van der Waals surface area contributed by atoms with E-state index in [1.807, 2.05) is 0 Å². The number of carbonyl (C=O) groups is 1. The van der Waals surface area contributed by atoms with E-state index in [0.29, 0.717) is 23.8 Å². The number of amides is 1. The third-order valence-corrected chi connectivity index (χ3v) is 4.08. The Morgan fingerprint density at radius 2 is 2.29 bits per heavy atom. The first-order chi connectivity index (χ1) is 9.89. The van der Waals surface area contributed by atoms with Gasteiger partial charge in [0.15, 0.2) is 0 Å². The highest BCUT2D eigenvalue weighted by molar-refractivity contribution is 5.93. The van der Waals surface area contributed by atoms with Gasteiger partial charge in [-0.2, -0.15) is 0 Å². The van der Waals surface area contributed by atoms with Crippen LogP contribution in [0.4, 0.5) is 5.82 Å². The Kier molecular flexibility index (Phi) is 4.83. The van der Waals surface area contributed by atoms with Gasteiger partial charge in [-0.15, -0.1) is 0 Å². The molecular weight excluding hydrogens is 266 g/mol. The summed E-state index contributed by atoms with van der Waals surface area (Å²) in [6.07, 6.45) is 5.50. The predicted molar refractivity (Wildman–Crippen MR) is 83.3 cm³/mol. The number of hydrogen-bond donors (Lipinski definition) is 2. The largest absolute Gasteiger partial charge is 0.388 e. The third-order valence-electron chi connectivity index (χ3n) is 4.08. The molecule has 1 saturated carbocycles. The van der Waals surface area contributed by atoms with Crippen molar-refractivity contribution in [2.45, 2.75) is 38.2 Å². The van der Waals surface area contributed by atoms with Crippen molar-refractivity contribution in [3.8, 4) is 0 Å². The number of rotatable bonds is 4. The molecule has 2 N–H and O–H groups in total. The summed E-state index contributed by atoms with van der Waals surface area (Å²) in [6, 6.07) is 3.54. The van der Waals surface area contributed by atoms with Gasteiger partial charge in [0.25, 0.3) is 5.91 Å². The van der Waals surface area contributed by atoms with Gasteiger partial charge in [0.05, 0.1) is 11.2 Å². The molecule has 5 heteroatoms. The van der Waals surface area contributed by atoms with Crippen LogP contribution < -0.4 is 5.32 Å². The van der Waals surface area contributed by atoms with Gasteiger partial charge in [0.2, 0.25) is 0 Å². The fraction of sp³-hybridized carbons (Fsp3) is 0.625. The molecular formula is C16H25N3O2. The summed E-state index contributed by atoms with van der Waals surface area (Å²) in [6.45, 7) is 2.69. The molecule has 0 bridgehead atoms. The Balaban J connectivity index is 1.93. The molecule has 1 heterocycles. The Morgan fingerprint density at radius 3 is 2.86 bits per heavy atom. The van der Waals surface area contributed by atoms with Crippen LogP contribution in [0.5, 0.6) is 0 Å². The second-order valence-corrected chi connectivity index (χ2v) is 6.41. The van der Waals surface area contributed by atoms with Gasteiger partial charge in [-0.25, -0.2) is 4.98 Å². The summed E-state index contributed by atoms with van der Waals surface area (Å²) >= 11 is 0. The highest BCUT2D eigenvalue weighted by Crippen LogP contribution is 2.32. The first-order valence-corrected chi connectivity index (χ1v) is 7.53. The van der Waals surface area contributed by atoms with E-state index >= 15 is 0 Å². The molecule has 0 aromatic carbocycles. The minimum atomic E-state index is -0.641. The molecule has 0 saturated heterocycles. The predicted octanol–water partition coefficient (Wildman–Crippen LogP) is 2.14. The van der Waals surface area contributed by atoms with Crippen molar-refractivity contribution in [1.29, 1.82) is 0 Å². The summed E-state index contributed by atoms with van der Waals surface area (Å²) in [7, 11) is 3.43. The number of nitrogens with zero attached hydrogens (tertiary/aromatic N) is 2. The van der Waals surface area contributed by atoms with Gasteiger partial charge in [0, 0.05) is 26.8 Å². The number of anilines is 1. The molecule has 116 valence electrons. The van der Waals surface area contributed by atoms with E-state index in [9.17, 15) is 9.90 Å². The molecule has 0 radical (unpaired) electrons. The molecule has 1 amide bonds. The van der Waals surface area contributed by atoms with E-state index in [-0.39, 0.29) is 5.91 Å². The summed E-state index contributed by atoms with van der Waals surface area (Å²) in [4.78, 5) is 17.5. The highest BCUT2D eigenvalue weighted by Gasteiger charge is 2.32. The van der Waals surface area contributed by atoms with Crippen LogP contribution in [-0.2, 0) is 0 Å². The average Bonchev–Trinajstić information content (AvgIpc) is 2.45. The molecule has 2 unspecified atom stereocenters. The Hall–Kier alpha value is -1.62. The van der Waals surface area contributed by atoms with Crippen LogP contribution in [0.15, 0.2) is 18.3 Å². The zero-order chi connectivity index (χ0) is 15.5. The standard InChI is InChI=1S/C16H25N3O2/c1-12-5-4-8-16(21,9-12)11-18-14-7-6-13(10-17-14)15(20)19(2)3/h6-7,10,12,21H,4-5,8-9,11H2,1-3H3,(H,17,18). The van der Waals surface area contributed by atoms with Crippen molar-refractivity contribution in [3.05, 3.63) is 23.9 Å². The molecule has 5 nitrogen and oxygen atoms in total. The van der Waals surface area contributed by atoms with E-state index in [0.717, 1.165) is 19.3 Å². The molecule has 2 rings (SSSR count). The van der Waals surface area contributed by atoms with Crippen molar-refractivity contribution >= 4 is 11.7 Å². The number of nitrogens with one attached hydrogen (secondary N) is 1. The van der Waals surface area contributed by atoms with E-state index < -0.39 is 5.60 Å². The van der Waals surface area contributed by atoms with Crippen LogP contribution in [0, 0.1) is 5.92 Å². The Morgan fingerprint density at radius 1 is 1.52 bits per heavy atom. The average molecular weight is 291 g/mol. The first kappa shape index (κ1) is 15.8. The van der Waals surface area contributed by atoms with Gasteiger partial charge in [-0.1, -0.05) is 19.8 Å². The Labute approximate surface area is 126 Å². The molecule has 1 aliphatic carbocycles. The molecule has 1 aromatic heterocycles. The second kappa shape index (κ2) is 6.43. The third kappa shape index (κ3) is 4.17. The van der Waals surface area contributed by atoms with Crippen LogP contribution in [0.1, 0.15) is 43.0 Å². The van der Waals surface area contributed by atoms with Gasteiger partial charge in [-0.05, 0) is 30.9 Å². The molecule has 1 aliphatic rings. The van der Waals surface area contributed by atoms with Gasteiger partial charge < -0.3 is 15.3 Å². The van der Waals surface area contributed by atoms with Crippen LogP contribution in [0.2, 0.25) is 0 Å². The van der Waals surface area contributed by atoms with Crippen LogP contribution in [-0.4, -0.2) is 47.1 Å². The maximum absolute atomic E-state index is 11.8. The lowest BCUT2D eigenvalue weighted by Gasteiger charge is -2.35. The summed E-state index contributed by atoms with van der Waals surface area (Å²) in [5.74, 6) is 1.20. The van der Waals surface area contributed by atoms with Crippen LogP contribution in [0.25, 0.3) is 0 Å². The minimum absolute atomic E-state index is 0.0613. The number of pyridine rings is 1. The molecule has 0 spiro atoms. The highest BCUT2D eigenvalue weighted by atomic mass is 16.3. The van der Waals surface area contributed by atoms with Crippen molar-refractivity contribution in [3.63, 3.8) is 0 Å². The van der Waals surface area contributed by atoms with Crippen molar-refractivity contribution in [2.24, 2.45) is 5.92 Å². The molecule has 1 aromatic rings. The lowest BCUT2D eigenvalue weighted by molar-refractivity contribution is -0.000832. The summed E-state index contributed by atoms with van der Waals surface area (Å²) in [5.41, 5.74) is -0.0761. The molecule has 1 fully saturated rings. The van der Waals surface area contributed by atoms with Crippen molar-refractivity contribution in [2.75, 3.05) is 26.0 Å². The van der Waals surface area contributed by atoms with Crippen molar-refractivity contribution in [1.82, 2.24) is 9.88 Å². The van der Waals surface area contributed by atoms with Crippen LogP contribution in [0.3, 0.4) is 0 Å².